The third-order valence-electron chi connectivity index (χ3n) is 2.63. The molecule has 19 heavy (non-hydrogen) atoms. The summed E-state index contributed by atoms with van der Waals surface area (Å²) in [6.45, 7) is 5.88. The van der Waals surface area contributed by atoms with Gasteiger partial charge in [0.2, 0.25) is 0 Å². The molecule has 0 aromatic carbocycles. The van der Waals surface area contributed by atoms with Crippen molar-refractivity contribution in [2.45, 2.75) is 26.8 Å². The number of aromatic nitrogens is 3. The first-order valence-electron chi connectivity index (χ1n) is 5.97. The summed E-state index contributed by atoms with van der Waals surface area (Å²) in [6.07, 6.45) is 1.79. The van der Waals surface area contributed by atoms with Gasteiger partial charge in [-0.2, -0.15) is 5.10 Å². The Morgan fingerprint density at radius 2 is 2.11 bits per heavy atom. The molecule has 0 fully saturated rings. The summed E-state index contributed by atoms with van der Waals surface area (Å²) in [5.41, 5.74) is 1.21. The van der Waals surface area contributed by atoms with Crippen LogP contribution in [0.15, 0.2) is 28.9 Å². The molecule has 0 saturated carbocycles. The lowest BCUT2D eigenvalue weighted by atomic mass is 10.3. The summed E-state index contributed by atoms with van der Waals surface area (Å²) in [5, 5.41) is 6.95. The Hall–Kier alpha value is -1.69. The fourth-order valence-electron chi connectivity index (χ4n) is 1.54. The SMILES string of the molecule is Cc1nc(NC(=O)c2ccn(C(C)C)n2)ccc1Br. The molecular weight excluding hydrogens is 308 g/mol. The quantitative estimate of drug-likeness (QED) is 0.944. The number of hydrogen-bond acceptors (Lipinski definition) is 3. The molecule has 0 spiro atoms. The van der Waals surface area contributed by atoms with Crippen LogP contribution in [-0.4, -0.2) is 20.7 Å². The van der Waals surface area contributed by atoms with Gasteiger partial charge in [-0.1, -0.05) is 0 Å². The number of carbonyl (C=O) groups is 1. The molecule has 0 aliphatic rings. The van der Waals surface area contributed by atoms with E-state index in [-0.39, 0.29) is 11.9 Å². The van der Waals surface area contributed by atoms with Gasteiger partial charge in [0.15, 0.2) is 5.69 Å². The van der Waals surface area contributed by atoms with E-state index in [9.17, 15) is 4.79 Å². The Kier molecular flexibility index (Phi) is 3.99. The van der Waals surface area contributed by atoms with Crippen molar-refractivity contribution in [3.8, 4) is 0 Å². The number of carbonyl (C=O) groups excluding carboxylic acids is 1. The number of rotatable bonds is 3. The Morgan fingerprint density at radius 3 is 2.68 bits per heavy atom. The van der Waals surface area contributed by atoms with Gasteiger partial charge in [0.05, 0.1) is 5.69 Å². The Labute approximate surface area is 120 Å². The fourth-order valence-corrected chi connectivity index (χ4v) is 1.76. The van der Waals surface area contributed by atoms with Crippen molar-refractivity contribution < 1.29 is 4.79 Å². The molecule has 0 bridgehead atoms. The summed E-state index contributed by atoms with van der Waals surface area (Å²) in [7, 11) is 0. The van der Waals surface area contributed by atoms with Gasteiger partial charge >= 0.3 is 0 Å². The van der Waals surface area contributed by atoms with E-state index in [0.29, 0.717) is 11.5 Å². The second kappa shape index (κ2) is 5.52. The number of halogens is 1. The fraction of sp³-hybridized carbons (Fsp3) is 0.308. The van der Waals surface area contributed by atoms with Crippen molar-refractivity contribution in [1.82, 2.24) is 14.8 Å². The molecule has 2 aromatic heterocycles. The molecule has 0 aliphatic carbocycles. The van der Waals surface area contributed by atoms with E-state index in [1.807, 2.05) is 26.8 Å². The molecule has 2 aromatic rings. The predicted octanol–water partition coefficient (Wildman–Crippen LogP) is 3.18. The zero-order chi connectivity index (χ0) is 14.0. The summed E-state index contributed by atoms with van der Waals surface area (Å²) in [6, 6.07) is 5.52. The summed E-state index contributed by atoms with van der Waals surface area (Å²) in [5.74, 6) is 0.262. The van der Waals surface area contributed by atoms with E-state index in [1.165, 1.54) is 0 Å². The van der Waals surface area contributed by atoms with Gasteiger partial charge in [0.25, 0.3) is 5.91 Å². The Balaban J connectivity index is 2.13. The number of pyridine rings is 1. The highest BCUT2D eigenvalue weighted by molar-refractivity contribution is 9.10. The predicted molar refractivity (Wildman–Crippen MR) is 77.2 cm³/mol. The lowest BCUT2D eigenvalue weighted by molar-refractivity contribution is 0.102. The topological polar surface area (TPSA) is 59.8 Å². The van der Waals surface area contributed by atoms with E-state index < -0.39 is 0 Å². The van der Waals surface area contributed by atoms with Crippen molar-refractivity contribution >= 4 is 27.7 Å². The van der Waals surface area contributed by atoms with Gasteiger partial charge in [-0.05, 0) is 54.9 Å². The van der Waals surface area contributed by atoms with Crippen LogP contribution in [0, 0.1) is 6.92 Å². The van der Waals surface area contributed by atoms with E-state index >= 15 is 0 Å². The smallest absolute Gasteiger partial charge is 0.277 e. The highest BCUT2D eigenvalue weighted by Crippen LogP contribution is 2.16. The molecule has 2 heterocycles. The largest absolute Gasteiger partial charge is 0.305 e. The van der Waals surface area contributed by atoms with E-state index in [0.717, 1.165) is 10.2 Å². The number of hydrogen-bond donors (Lipinski definition) is 1. The second-order valence-corrected chi connectivity index (χ2v) is 5.35. The molecule has 100 valence electrons. The minimum absolute atomic E-state index is 0.231. The zero-order valence-corrected chi connectivity index (χ0v) is 12.6. The average Bonchev–Trinajstić information content (AvgIpc) is 2.83. The average molecular weight is 323 g/mol. The molecule has 1 N–H and O–H groups in total. The number of amides is 1. The van der Waals surface area contributed by atoms with Gasteiger partial charge in [0.1, 0.15) is 5.82 Å². The van der Waals surface area contributed by atoms with Gasteiger partial charge in [-0.25, -0.2) is 4.98 Å². The van der Waals surface area contributed by atoms with Crippen LogP contribution in [0.4, 0.5) is 5.82 Å². The van der Waals surface area contributed by atoms with Crippen LogP contribution in [0.1, 0.15) is 36.1 Å². The molecule has 0 unspecified atom stereocenters. The van der Waals surface area contributed by atoms with Gasteiger partial charge < -0.3 is 5.32 Å². The van der Waals surface area contributed by atoms with Crippen LogP contribution in [-0.2, 0) is 0 Å². The van der Waals surface area contributed by atoms with Crippen LogP contribution in [0.25, 0.3) is 0 Å². The van der Waals surface area contributed by atoms with Crippen LogP contribution in [0.3, 0.4) is 0 Å². The van der Waals surface area contributed by atoms with Gasteiger partial charge in [-0.3, -0.25) is 9.48 Å². The first kappa shape index (κ1) is 13.7. The number of aryl methyl sites for hydroxylation is 1. The van der Waals surface area contributed by atoms with E-state index in [4.69, 9.17) is 0 Å². The molecule has 0 atom stereocenters. The normalized spacial score (nSPS) is 10.8. The molecule has 1 amide bonds. The van der Waals surface area contributed by atoms with E-state index in [1.54, 1.807) is 23.0 Å². The van der Waals surface area contributed by atoms with Crippen molar-refractivity contribution in [2.24, 2.45) is 0 Å². The summed E-state index contributed by atoms with van der Waals surface area (Å²) < 4.78 is 2.66. The minimum atomic E-state index is -0.256. The number of nitrogens with zero attached hydrogens (tertiary/aromatic N) is 3. The molecular formula is C13H15BrN4O. The second-order valence-electron chi connectivity index (χ2n) is 4.49. The minimum Gasteiger partial charge on any atom is -0.305 e. The lowest BCUT2D eigenvalue weighted by Gasteiger charge is -2.05. The third kappa shape index (κ3) is 3.20. The molecule has 0 radical (unpaired) electrons. The van der Waals surface area contributed by atoms with Crippen molar-refractivity contribution in [3.05, 3.63) is 40.3 Å². The van der Waals surface area contributed by atoms with Crippen LogP contribution >= 0.6 is 15.9 Å². The first-order chi connectivity index (χ1) is 8.97. The highest BCUT2D eigenvalue weighted by atomic mass is 79.9. The molecule has 2 rings (SSSR count). The van der Waals surface area contributed by atoms with Crippen molar-refractivity contribution in [1.29, 1.82) is 0 Å². The van der Waals surface area contributed by atoms with Crippen molar-refractivity contribution in [3.63, 3.8) is 0 Å². The highest BCUT2D eigenvalue weighted by Gasteiger charge is 2.11. The molecule has 0 saturated heterocycles. The maximum Gasteiger partial charge on any atom is 0.277 e. The molecule has 6 heteroatoms. The number of nitrogens with one attached hydrogen (secondary N) is 1. The zero-order valence-electron chi connectivity index (χ0n) is 11.0. The van der Waals surface area contributed by atoms with E-state index in [2.05, 4.69) is 31.3 Å². The number of anilines is 1. The van der Waals surface area contributed by atoms with Crippen LogP contribution < -0.4 is 5.32 Å². The third-order valence-corrected chi connectivity index (χ3v) is 3.47. The molecule has 5 nitrogen and oxygen atoms in total. The van der Waals surface area contributed by atoms with Gasteiger partial charge in [0, 0.05) is 16.7 Å². The summed E-state index contributed by atoms with van der Waals surface area (Å²) in [4.78, 5) is 16.3. The first-order valence-corrected chi connectivity index (χ1v) is 6.76. The maximum absolute atomic E-state index is 12.0. The molecule has 0 aliphatic heterocycles. The lowest BCUT2D eigenvalue weighted by Crippen LogP contribution is -2.15. The monoisotopic (exact) mass is 322 g/mol. The standard InChI is InChI=1S/C13H15BrN4O/c1-8(2)18-7-6-11(17-18)13(19)16-12-5-4-10(14)9(3)15-12/h4-8H,1-3H3,(H,15,16,19). The van der Waals surface area contributed by atoms with Crippen LogP contribution in [0.5, 0.6) is 0 Å². The van der Waals surface area contributed by atoms with Crippen LogP contribution in [0.2, 0.25) is 0 Å². The Bertz CT molecular complexity index is 606. The van der Waals surface area contributed by atoms with Gasteiger partial charge in [-0.15, -0.1) is 0 Å². The maximum atomic E-state index is 12.0. The van der Waals surface area contributed by atoms with Crippen molar-refractivity contribution in [2.75, 3.05) is 5.32 Å². The summed E-state index contributed by atoms with van der Waals surface area (Å²) >= 11 is 3.37. The Morgan fingerprint density at radius 1 is 1.37 bits per heavy atom.